The van der Waals surface area contributed by atoms with Crippen LogP contribution in [0.5, 0.6) is 5.75 Å². The molecule has 1 amide bonds. The zero-order chi connectivity index (χ0) is 31.6. The van der Waals surface area contributed by atoms with E-state index >= 15 is 0 Å². The molecule has 4 aromatic rings. The summed E-state index contributed by atoms with van der Waals surface area (Å²) in [4.78, 5) is 25.9. The van der Waals surface area contributed by atoms with Crippen molar-refractivity contribution in [2.45, 2.75) is 69.5 Å². The maximum Gasteiger partial charge on any atom is 0.269 e. The molecule has 1 aromatic heterocycles. The predicted molar refractivity (Wildman–Crippen MR) is 175 cm³/mol. The molecule has 236 valence electrons. The lowest BCUT2D eigenvalue weighted by molar-refractivity contribution is -0.120. The van der Waals surface area contributed by atoms with Crippen LogP contribution in [0.2, 0.25) is 18.6 Å². The zero-order valence-corrected chi connectivity index (χ0v) is 27.1. The number of rotatable bonds is 11. The Morgan fingerprint density at radius 1 is 1.00 bits per heavy atom. The number of carbonyl (C=O) groups excluding carboxylic acids is 1. The van der Waals surface area contributed by atoms with E-state index in [4.69, 9.17) is 9.47 Å². The van der Waals surface area contributed by atoms with Crippen LogP contribution < -0.4 is 9.64 Å². The standard InChI is InChI=1S/C35H42N4O5Si/c1-24-31(17-16-25-10-9-13-27(20-25)39-30-14-7-8-15-32(30)43-23-34(39)41)44-33(35(24)45(2,3)42)18-19-38-21-29(36-37-38)28(22-40)26-11-5-4-6-12-26/h4-15,20-21,24,28,31,33,35,40,42H,16-19,22-23H2,1-3H3/t24-,28?,31+,33-,35+/m0/s1. The lowest BCUT2D eigenvalue weighted by Gasteiger charge is -2.30. The van der Waals surface area contributed by atoms with E-state index in [0.29, 0.717) is 18.7 Å². The molecular weight excluding hydrogens is 584 g/mol. The third-order valence-corrected chi connectivity index (χ3v) is 11.8. The second kappa shape index (κ2) is 13.3. The van der Waals surface area contributed by atoms with E-state index in [1.165, 1.54) is 0 Å². The first-order chi connectivity index (χ1) is 21.7. The van der Waals surface area contributed by atoms with E-state index in [1.807, 2.05) is 90.7 Å². The van der Waals surface area contributed by atoms with Gasteiger partial charge in [-0.1, -0.05) is 66.7 Å². The molecule has 3 heterocycles. The van der Waals surface area contributed by atoms with Crippen LogP contribution in [0.25, 0.3) is 0 Å². The Bertz CT molecular complexity index is 1610. The number of nitrogens with zero attached hydrogens (tertiary/aromatic N) is 4. The monoisotopic (exact) mass is 626 g/mol. The number of amides is 1. The number of aromatic nitrogens is 3. The quantitative estimate of drug-likeness (QED) is 0.213. The number of ether oxygens (including phenoxy) is 2. The summed E-state index contributed by atoms with van der Waals surface area (Å²) in [5, 5.41) is 18.8. The minimum Gasteiger partial charge on any atom is -0.482 e. The number of hydrogen-bond acceptors (Lipinski definition) is 7. The molecule has 0 aliphatic carbocycles. The van der Waals surface area contributed by atoms with Crippen molar-refractivity contribution in [3.8, 4) is 5.75 Å². The van der Waals surface area contributed by atoms with Gasteiger partial charge in [0.15, 0.2) is 14.9 Å². The minimum atomic E-state index is -2.53. The molecule has 1 saturated heterocycles. The summed E-state index contributed by atoms with van der Waals surface area (Å²) >= 11 is 0. The van der Waals surface area contributed by atoms with Crippen LogP contribution in [0.4, 0.5) is 11.4 Å². The Labute approximate surface area is 265 Å². The summed E-state index contributed by atoms with van der Waals surface area (Å²) in [6, 6.07) is 25.6. The molecule has 1 fully saturated rings. The number of para-hydroxylation sites is 2. The number of anilines is 2. The molecule has 45 heavy (non-hydrogen) atoms. The van der Waals surface area contributed by atoms with Gasteiger partial charge in [-0.25, -0.2) is 0 Å². The molecule has 0 radical (unpaired) electrons. The van der Waals surface area contributed by atoms with E-state index in [2.05, 4.69) is 29.4 Å². The molecule has 2 aliphatic heterocycles. The molecule has 1 unspecified atom stereocenters. The van der Waals surface area contributed by atoms with E-state index in [0.717, 1.165) is 41.0 Å². The summed E-state index contributed by atoms with van der Waals surface area (Å²) in [5.74, 6) is 0.597. The van der Waals surface area contributed by atoms with Gasteiger partial charge in [-0.05, 0) is 73.7 Å². The zero-order valence-electron chi connectivity index (χ0n) is 26.1. The lowest BCUT2D eigenvalue weighted by Crippen LogP contribution is -2.40. The van der Waals surface area contributed by atoms with Crippen LogP contribution in [0.15, 0.2) is 85.1 Å². The highest BCUT2D eigenvalue weighted by Gasteiger charge is 2.49. The number of hydrogen-bond donors (Lipinski definition) is 2. The Balaban J connectivity index is 1.12. The molecule has 5 atom stereocenters. The topological polar surface area (TPSA) is 110 Å². The van der Waals surface area contributed by atoms with Gasteiger partial charge in [-0.2, -0.15) is 0 Å². The molecule has 0 saturated carbocycles. The third kappa shape index (κ3) is 6.74. The fraction of sp³-hybridized carbons (Fsp3) is 0.400. The van der Waals surface area contributed by atoms with Crippen LogP contribution >= 0.6 is 0 Å². The summed E-state index contributed by atoms with van der Waals surface area (Å²) in [7, 11) is -2.53. The molecule has 0 bridgehead atoms. The van der Waals surface area contributed by atoms with Gasteiger partial charge in [0.2, 0.25) is 0 Å². The van der Waals surface area contributed by atoms with Crippen molar-refractivity contribution in [3.63, 3.8) is 0 Å². The molecule has 2 N–H and O–H groups in total. The SMILES string of the molecule is C[C@@H]1[C@@H]([Si](C)(C)O)[C@H](CCn2cc(C(CO)c3ccccc3)nn2)O[C@@H]1CCc1cccc(N2C(=O)COc3ccccc32)c1. The molecule has 10 heteroatoms. The predicted octanol–water partition coefficient (Wildman–Crippen LogP) is 5.45. The number of aliphatic hydroxyl groups excluding tert-OH is 1. The van der Waals surface area contributed by atoms with Gasteiger partial charge in [-0.15, -0.1) is 5.10 Å². The number of carbonyl (C=O) groups is 1. The van der Waals surface area contributed by atoms with Crippen LogP contribution in [0, 0.1) is 5.92 Å². The van der Waals surface area contributed by atoms with E-state index in [-0.39, 0.29) is 48.7 Å². The maximum atomic E-state index is 12.9. The van der Waals surface area contributed by atoms with Gasteiger partial charge < -0.3 is 19.4 Å². The van der Waals surface area contributed by atoms with Crippen molar-refractivity contribution in [3.05, 3.63) is 102 Å². The Morgan fingerprint density at radius 3 is 2.56 bits per heavy atom. The average molecular weight is 627 g/mol. The van der Waals surface area contributed by atoms with Crippen LogP contribution in [-0.4, -0.2) is 64.5 Å². The number of benzene rings is 3. The first-order valence-corrected chi connectivity index (χ1v) is 18.8. The number of aliphatic hydroxyl groups is 1. The molecule has 0 spiro atoms. The van der Waals surface area contributed by atoms with Gasteiger partial charge in [0.25, 0.3) is 5.91 Å². The Morgan fingerprint density at radius 2 is 1.78 bits per heavy atom. The highest BCUT2D eigenvalue weighted by Crippen LogP contribution is 2.46. The summed E-state index contributed by atoms with van der Waals surface area (Å²) in [5.41, 5.74) is 4.55. The van der Waals surface area contributed by atoms with Crippen molar-refractivity contribution < 1.29 is 24.2 Å². The highest BCUT2D eigenvalue weighted by molar-refractivity contribution is 6.71. The van der Waals surface area contributed by atoms with Crippen molar-refractivity contribution >= 4 is 25.6 Å². The second-order valence-electron chi connectivity index (χ2n) is 12.8. The van der Waals surface area contributed by atoms with Crippen molar-refractivity contribution in [2.75, 3.05) is 18.1 Å². The molecule has 6 rings (SSSR count). The maximum absolute atomic E-state index is 12.9. The molecule has 9 nitrogen and oxygen atoms in total. The molecule has 2 aliphatic rings. The first-order valence-electron chi connectivity index (χ1n) is 15.8. The summed E-state index contributed by atoms with van der Waals surface area (Å²) < 4.78 is 14.2. The largest absolute Gasteiger partial charge is 0.482 e. The molecular formula is C35H42N4O5Si. The lowest BCUT2D eigenvalue weighted by atomic mass is 9.95. The van der Waals surface area contributed by atoms with Crippen molar-refractivity contribution in [1.82, 2.24) is 15.0 Å². The fourth-order valence-corrected chi connectivity index (χ4v) is 9.78. The average Bonchev–Trinajstić information content (AvgIpc) is 3.63. The highest BCUT2D eigenvalue weighted by atomic mass is 28.4. The number of fused-ring (bicyclic) bond motifs is 1. The van der Waals surface area contributed by atoms with E-state index in [1.54, 1.807) is 4.90 Å². The van der Waals surface area contributed by atoms with Gasteiger partial charge in [-0.3, -0.25) is 14.4 Å². The Kier molecular flexibility index (Phi) is 9.18. The van der Waals surface area contributed by atoms with Gasteiger partial charge in [0.1, 0.15) is 5.75 Å². The van der Waals surface area contributed by atoms with Crippen LogP contribution in [0.3, 0.4) is 0 Å². The van der Waals surface area contributed by atoms with Crippen molar-refractivity contribution in [1.29, 1.82) is 0 Å². The second-order valence-corrected chi connectivity index (χ2v) is 16.8. The summed E-state index contributed by atoms with van der Waals surface area (Å²) in [6.07, 6.45) is 4.17. The number of aryl methyl sites for hydroxylation is 2. The van der Waals surface area contributed by atoms with Crippen LogP contribution in [0.1, 0.15) is 42.5 Å². The smallest absolute Gasteiger partial charge is 0.269 e. The minimum absolute atomic E-state index is 0.0106. The van der Waals surface area contributed by atoms with E-state index in [9.17, 15) is 14.7 Å². The fourth-order valence-electron chi connectivity index (χ4n) is 7.12. The van der Waals surface area contributed by atoms with Gasteiger partial charge in [0, 0.05) is 24.0 Å². The first kappa shape index (κ1) is 31.2. The van der Waals surface area contributed by atoms with Crippen LogP contribution in [-0.2, 0) is 22.5 Å². The van der Waals surface area contributed by atoms with Gasteiger partial charge in [0.05, 0.1) is 36.1 Å². The normalized spacial score (nSPS) is 22.2. The van der Waals surface area contributed by atoms with Gasteiger partial charge >= 0.3 is 0 Å². The van der Waals surface area contributed by atoms with Crippen molar-refractivity contribution in [2.24, 2.45) is 5.92 Å². The third-order valence-electron chi connectivity index (χ3n) is 9.25. The molecule has 3 aromatic carbocycles. The Hall–Kier alpha value is -3.83. The van der Waals surface area contributed by atoms with E-state index < -0.39 is 8.32 Å². The summed E-state index contributed by atoms with van der Waals surface area (Å²) in [6.45, 7) is 6.81.